The van der Waals surface area contributed by atoms with E-state index in [2.05, 4.69) is 62.4 Å². The summed E-state index contributed by atoms with van der Waals surface area (Å²) in [6.45, 7) is 7.70. The summed E-state index contributed by atoms with van der Waals surface area (Å²) in [7, 11) is 0. The van der Waals surface area contributed by atoms with Gasteiger partial charge in [0.1, 0.15) is 12.4 Å². The van der Waals surface area contributed by atoms with Gasteiger partial charge in [-0.05, 0) is 56.3 Å². The van der Waals surface area contributed by atoms with Crippen LogP contribution in [0.3, 0.4) is 0 Å². The third-order valence-electron chi connectivity index (χ3n) is 6.32. The zero-order chi connectivity index (χ0) is 23.8. The molecular weight excluding hydrogens is 516 g/mol. The number of rotatable bonds is 5. The fourth-order valence-corrected chi connectivity index (χ4v) is 5.30. The topological polar surface area (TPSA) is 52.3 Å². The summed E-state index contributed by atoms with van der Waals surface area (Å²) in [6, 6.07) is 15.8. The molecule has 0 saturated carbocycles. The summed E-state index contributed by atoms with van der Waals surface area (Å²) in [4.78, 5) is 19.8. The fraction of sp³-hybridized carbons (Fsp3) is 0.308. The molecular formula is C26H26BrClN4O2. The molecule has 1 aliphatic heterocycles. The molecule has 0 spiro atoms. The van der Waals surface area contributed by atoms with E-state index in [4.69, 9.17) is 16.3 Å². The van der Waals surface area contributed by atoms with Crippen LogP contribution >= 0.6 is 27.5 Å². The van der Waals surface area contributed by atoms with E-state index < -0.39 is 0 Å². The van der Waals surface area contributed by atoms with Gasteiger partial charge < -0.3 is 9.30 Å². The Hall–Kier alpha value is -2.61. The summed E-state index contributed by atoms with van der Waals surface area (Å²) in [5.41, 5.74) is 3.90. The second kappa shape index (κ2) is 9.56. The van der Waals surface area contributed by atoms with Gasteiger partial charge >= 0.3 is 0 Å². The average molecular weight is 542 g/mol. The molecule has 6 nitrogen and oxygen atoms in total. The second-order valence-corrected chi connectivity index (χ2v) is 10.4. The van der Waals surface area contributed by atoms with E-state index in [9.17, 15) is 4.79 Å². The Morgan fingerprint density at radius 3 is 2.74 bits per heavy atom. The van der Waals surface area contributed by atoms with Gasteiger partial charge in [0.05, 0.1) is 15.5 Å². The third-order valence-corrected chi connectivity index (χ3v) is 7.30. The minimum absolute atomic E-state index is 0.146. The molecule has 1 atom stereocenters. The molecule has 4 heterocycles. The quantitative estimate of drug-likeness (QED) is 0.310. The molecule has 0 fully saturated rings. The molecule has 0 N–H and O–H groups in total. The molecule has 1 aromatic carbocycles. The summed E-state index contributed by atoms with van der Waals surface area (Å²) >= 11 is 9.77. The number of ether oxygens (including phenoxy) is 1. The van der Waals surface area contributed by atoms with E-state index in [0.29, 0.717) is 16.8 Å². The maximum atomic E-state index is 12.9. The van der Waals surface area contributed by atoms with Gasteiger partial charge in [0.15, 0.2) is 0 Å². The molecule has 4 aromatic rings. The number of aromatic nitrogens is 3. The van der Waals surface area contributed by atoms with Crippen molar-refractivity contribution >= 4 is 38.4 Å². The van der Waals surface area contributed by atoms with Crippen LogP contribution in [0.4, 0.5) is 0 Å². The molecule has 176 valence electrons. The van der Waals surface area contributed by atoms with Crippen molar-refractivity contribution in [3.05, 3.63) is 87.7 Å². The van der Waals surface area contributed by atoms with Gasteiger partial charge in [0.2, 0.25) is 0 Å². The predicted molar refractivity (Wildman–Crippen MR) is 139 cm³/mol. The highest BCUT2D eigenvalue weighted by molar-refractivity contribution is 9.09. The Labute approximate surface area is 211 Å². The number of alkyl halides is 1. The van der Waals surface area contributed by atoms with Crippen LogP contribution in [-0.2, 0) is 13.2 Å². The Bertz CT molecular complexity index is 1380. The first kappa shape index (κ1) is 23.1. The molecule has 34 heavy (non-hydrogen) atoms. The molecule has 0 amide bonds. The summed E-state index contributed by atoms with van der Waals surface area (Å²) in [5, 5.41) is 1.71. The number of halogens is 2. The van der Waals surface area contributed by atoms with Crippen LogP contribution in [0.5, 0.6) is 5.75 Å². The van der Waals surface area contributed by atoms with Crippen LogP contribution in [0.25, 0.3) is 16.6 Å². The van der Waals surface area contributed by atoms with Crippen LogP contribution in [0.15, 0.2) is 65.7 Å². The number of hydrogen-bond donors (Lipinski definition) is 0. The Morgan fingerprint density at radius 2 is 2.00 bits per heavy atom. The molecule has 0 bridgehead atoms. The fourth-order valence-electron chi connectivity index (χ4n) is 4.44. The highest BCUT2D eigenvalue weighted by Crippen LogP contribution is 2.33. The van der Waals surface area contributed by atoms with Gasteiger partial charge in [-0.1, -0.05) is 27.5 Å². The van der Waals surface area contributed by atoms with E-state index >= 15 is 0 Å². The van der Waals surface area contributed by atoms with Crippen molar-refractivity contribution in [1.29, 1.82) is 0 Å². The number of hydrogen-bond acceptors (Lipinski definition) is 4. The Balaban J connectivity index is 1.38. The van der Waals surface area contributed by atoms with Gasteiger partial charge in [0.25, 0.3) is 5.56 Å². The van der Waals surface area contributed by atoms with E-state index in [1.807, 2.05) is 6.07 Å². The number of fused-ring (bicyclic) bond motifs is 3. The maximum absolute atomic E-state index is 12.9. The van der Waals surface area contributed by atoms with E-state index in [-0.39, 0.29) is 17.0 Å². The second-order valence-electron chi connectivity index (χ2n) is 8.85. The molecule has 0 saturated heterocycles. The molecule has 8 heteroatoms. The van der Waals surface area contributed by atoms with Crippen molar-refractivity contribution in [2.24, 2.45) is 0 Å². The molecule has 5 rings (SSSR count). The van der Waals surface area contributed by atoms with Gasteiger partial charge in [-0.15, -0.1) is 0 Å². The smallest absolute Gasteiger partial charge is 0.258 e. The first-order chi connectivity index (χ1) is 16.4. The van der Waals surface area contributed by atoms with Gasteiger partial charge in [0, 0.05) is 66.4 Å². The minimum Gasteiger partial charge on any atom is -0.487 e. The van der Waals surface area contributed by atoms with Crippen LogP contribution in [-0.4, -0.2) is 38.1 Å². The lowest BCUT2D eigenvalue weighted by molar-refractivity contribution is 0.227. The minimum atomic E-state index is -0.146. The molecule has 0 radical (unpaired) electrons. The summed E-state index contributed by atoms with van der Waals surface area (Å²) < 4.78 is 9.78. The largest absolute Gasteiger partial charge is 0.487 e. The van der Waals surface area contributed by atoms with E-state index in [0.717, 1.165) is 36.4 Å². The lowest BCUT2D eigenvalue weighted by Crippen LogP contribution is -2.33. The number of benzene rings is 1. The highest BCUT2D eigenvalue weighted by Gasteiger charge is 2.24. The molecule has 1 aliphatic rings. The molecule has 1 unspecified atom stereocenters. The van der Waals surface area contributed by atoms with Gasteiger partial charge in [-0.25, -0.2) is 0 Å². The Kier molecular flexibility index (Phi) is 6.51. The van der Waals surface area contributed by atoms with Gasteiger partial charge in [-0.3, -0.25) is 19.2 Å². The monoisotopic (exact) mass is 540 g/mol. The zero-order valence-electron chi connectivity index (χ0n) is 19.1. The first-order valence-corrected chi connectivity index (χ1v) is 12.7. The maximum Gasteiger partial charge on any atom is 0.258 e. The third kappa shape index (κ3) is 4.65. The molecule has 3 aromatic heterocycles. The van der Waals surface area contributed by atoms with Gasteiger partial charge in [-0.2, -0.15) is 0 Å². The van der Waals surface area contributed by atoms with Crippen molar-refractivity contribution < 1.29 is 4.74 Å². The van der Waals surface area contributed by atoms with Crippen LogP contribution in [0.2, 0.25) is 5.02 Å². The lowest BCUT2D eigenvalue weighted by atomic mass is 10.2. The summed E-state index contributed by atoms with van der Waals surface area (Å²) in [6.07, 6.45) is 3.33. The predicted octanol–water partition coefficient (Wildman–Crippen LogP) is 5.58. The van der Waals surface area contributed by atoms with Crippen LogP contribution < -0.4 is 10.3 Å². The Morgan fingerprint density at radius 1 is 1.15 bits per heavy atom. The lowest BCUT2D eigenvalue weighted by Gasteiger charge is -2.25. The summed E-state index contributed by atoms with van der Waals surface area (Å²) in [5.74, 6) is 0.506. The van der Waals surface area contributed by atoms with Crippen molar-refractivity contribution in [3.63, 3.8) is 0 Å². The average Bonchev–Trinajstić information content (AvgIpc) is 3.10. The van der Waals surface area contributed by atoms with Crippen LogP contribution in [0, 0.1) is 0 Å². The standard InChI is InChI=1S/C26H26BrClN4O2/c1-17(2)30-9-10-32-24-6-5-21(11-18(24)12-25(32)23(27)15-30)31-8-7-22(13-26(31)33)34-16-20-4-3-19(28)14-29-20/h3-8,11-14,17,23H,9-10,15-16H2,1-2H3. The molecule has 0 aliphatic carbocycles. The van der Waals surface area contributed by atoms with Crippen molar-refractivity contribution in [2.45, 2.75) is 37.9 Å². The SMILES string of the molecule is CC(C)N1CCn2c(cc3cc(-n4ccc(OCc5ccc(Cl)cn5)cc4=O)ccc32)C(Br)C1. The van der Waals surface area contributed by atoms with Crippen molar-refractivity contribution in [2.75, 3.05) is 13.1 Å². The normalized spacial score (nSPS) is 16.6. The van der Waals surface area contributed by atoms with Crippen LogP contribution in [0.1, 0.15) is 30.1 Å². The number of nitrogens with zero attached hydrogens (tertiary/aromatic N) is 4. The van der Waals surface area contributed by atoms with E-state index in [1.54, 1.807) is 35.2 Å². The van der Waals surface area contributed by atoms with E-state index in [1.165, 1.54) is 17.3 Å². The zero-order valence-corrected chi connectivity index (χ0v) is 21.5. The number of pyridine rings is 2. The van der Waals surface area contributed by atoms with Crippen molar-refractivity contribution in [3.8, 4) is 11.4 Å². The highest BCUT2D eigenvalue weighted by atomic mass is 79.9. The first-order valence-electron chi connectivity index (χ1n) is 11.4. The van der Waals surface area contributed by atoms with Crippen molar-refractivity contribution in [1.82, 2.24) is 19.0 Å².